The van der Waals surface area contributed by atoms with Crippen LogP contribution in [0.5, 0.6) is 0 Å². The van der Waals surface area contributed by atoms with E-state index in [-0.39, 0.29) is 5.91 Å². The van der Waals surface area contributed by atoms with Crippen molar-refractivity contribution in [3.8, 4) is 0 Å². The van der Waals surface area contributed by atoms with E-state index in [2.05, 4.69) is 5.32 Å². The lowest BCUT2D eigenvalue weighted by atomic mass is 10.3. The zero-order valence-corrected chi connectivity index (χ0v) is 4.35. The van der Waals surface area contributed by atoms with Crippen LogP contribution in [0.2, 0.25) is 0 Å². The van der Waals surface area contributed by atoms with Crippen molar-refractivity contribution in [2.24, 2.45) is 0 Å². The maximum Gasteiger partial charge on any atom is 0.224 e. The Morgan fingerprint density at radius 1 is 1.62 bits per heavy atom. The summed E-state index contributed by atoms with van der Waals surface area (Å²) >= 11 is 0. The van der Waals surface area contributed by atoms with Crippen LogP contribution in [0.4, 0.5) is 0 Å². The number of aliphatic hydroxyl groups excluding tert-OH is 1. The number of hydrogen-bond donors (Lipinski definition) is 2. The molecule has 1 fully saturated rings. The Morgan fingerprint density at radius 2 is 2.38 bits per heavy atom. The molecule has 0 radical (unpaired) electrons. The molecule has 1 rings (SSSR count). The van der Waals surface area contributed by atoms with E-state index in [9.17, 15) is 4.79 Å². The van der Waals surface area contributed by atoms with Gasteiger partial charge in [0.1, 0.15) is 0 Å². The van der Waals surface area contributed by atoms with Gasteiger partial charge in [-0.3, -0.25) is 4.79 Å². The Labute approximate surface area is 47.0 Å². The third-order valence-electron chi connectivity index (χ3n) is 1.08. The van der Waals surface area contributed by atoms with Gasteiger partial charge < -0.3 is 10.4 Å². The number of nitrogens with one attached hydrogen (secondary N) is 1. The van der Waals surface area contributed by atoms with Crippen LogP contribution in [0.3, 0.4) is 0 Å². The van der Waals surface area contributed by atoms with Gasteiger partial charge >= 0.3 is 0 Å². The van der Waals surface area contributed by atoms with E-state index in [1.807, 2.05) is 0 Å². The van der Waals surface area contributed by atoms with Crippen LogP contribution in [0.1, 0.15) is 12.8 Å². The van der Waals surface area contributed by atoms with E-state index in [0.717, 1.165) is 6.26 Å². The average Bonchev–Trinajstić information content (AvgIpc) is 2.14. The lowest BCUT2D eigenvalue weighted by Crippen LogP contribution is -2.11. The van der Waals surface area contributed by atoms with Crippen molar-refractivity contribution < 1.29 is 9.90 Å². The van der Waals surface area contributed by atoms with Gasteiger partial charge in [0.05, 0.1) is 12.0 Å². The summed E-state index contributed by atoms with van der Waals surface area (Å²) in [7, 11) is 0. The second-order valence-corrected chi connectivity index (χ2v) is 1.70. The van der Waals surface area contributed by atoms with Crippen LogP contribution in [0.15, 0.2) is 12.0 Å². The van der Waals surface area contributed by atoms with Gasteiger partial charge in [0, 0.05) is 6.42 Å². The number of hydrogen-bond acceptors (Lipinski definition) is 2. The largest absolute Gasteiger partial charge is 0.514 e. The van der Waals surface area contributed by atoms with E-state index in [4.69, 9.17) is 5.11 Å². The molecule has 1 saturated heterocycles. The quantitative estimate of drug-likeness (QED) is 0.444. The normalized spacial score (nSPS) is 24.0. The molecule has 1 aliphatic rings. The van der Waals surface area contributed by atoms with Crippen LogP contribution in [-0.2, 0) is 4.79 Å². The molecule has 0 spiro atoms. The molecule has 0 bridgehead atoms. The Morgan fingerprint density at radius 3 is 2.62 bits per heavy atom. The number of rotatable bonds is 0. The fraction of sp³-hybridized carbons (Fsp3) is 0.400. The molecule has 1 amide bonds. The van der Waals surface area contributed by atoms with Crippen molar-refractivity contribution in [2.75, 3.05) is 0 Å². The topological polar surface area (TPSA) is 49.3 Å². The molecule has 0 saturated carbocycles. The number of amides is 1. The number of carbonyl (C=O) groups is 1. The molecule has 3 heteroatoms. The lowest BCUT2D eigenvalue weighted by Gasteiger charge is -1.88. The molecule has 0 aromatic carbocycles. The maximum atomic E-state index is 10.3. The van der Waals surface area contributed by atoms with E-state index in [1.54, 1.807) is 0 Å². The summed E-state index contributed by atoms with van der Waals surface area (Å²) < 4.78 is 0. The highest BCUT2D eigenvalue weighted by atomic mass is 16.2. The third kappa shape index (κ3) is 0.804. The molecule has 0 aromatic heterocycles. The van der Waals surface area contributed by atoms with Gasteiger partial charge in [-0.1, -0.05) is 0 Å². The van der Waals surface area contributed by atoms with Crippen molar-refractivity contribution in [1.29, 1.82) is 0 Å². The summed E-state index contributed by atoms with van der Waals surface area (Å²) in [5.41, 5.74) is 0.620. The number of aliphatic hydroxyl groups is 1. The zero-order chi connectivity index (χ0) is 5.98. The molecule has 1 heterocycles. The Kier molecular flexibility index (Phi) is 1.20. The summed E-state index contributed by atoms with van der Waals surface area (Å²) in [6.45, 7) is 0. The lowest BCUT2D eigenvalue weighted by molar-refractivity contribution is -0.118. The fourth-order valence-electron chi connectivity index (χ4n) is 0.649. The highest BCUT2D eigenvalue weighted by molar-refractivity contribution is 5.80. The zero-order valence-electron chi connectivity index (χ0n) is 4.35. The summed E-state index contributed by atoms with van der Waals surface area (Å²) in [5, 5.41) is 10.8. The molecule has 3 nitrogen and oxygen atoms in total. The third-order valence-corrected chi connectivity index (χ3v) is 1.08. The Bertz CT molecular complexity index is 139. The minimum atomic E-state index is -0.00898. The molecule has 0 atom stereocenters. The molecular formula is C5H7NO2. The highest BCUT2D eigenvalue weighted by Gasteiger charge is 2.12. The predicted molar refractivity (Wildman–Crippen MR) is 28.1 cm³/mol. The predicted octanol–water partition coefficient (Wildman–Crippen LogP) is 0.296. The number of allylic oxidation sites excluding steroid dienone is 1. The van der Waals surface area contributed by atoms with Crippen LogP contribution in [-0.4, -0.2) is 11.0 Å². The SMILES string of the molecule is O=C1CCC(=CO)N1. The Balaban J connectivity index is 2.56. The first-order valence-electron chi connectivity index (χ1n) is 2.46. The van der Waals surface area contributed by atoms with E-state index in [1.165, 1.54) is 0 Å². The van der Waals surface area contributed by atoms with Crippen LogP contribution in [0.25, 0.3) is 0 Å². The second kappa shape index (κ2) is 1.86. The molecule has 2 N–H and O–H groups in total. The number of carbonyl (C=O) groups excluding carboxylic acids is 1. The minimum absolute atomic E-state index is 0.00898. The molecule has 8 heavy (non-hydrogen) atoms. The molecule has 1 aliphatic heterocycles. The summed E-state index contributed by atoms with van der Waals surface area (Å²) in [4.78, 5) is 10.3. The molecular weight excluding hydrogens is 106 g/mol. The standard InChI is InChI=1S/C5H7NO2/c7-3-4-1-2-5(8)6-4/h3,7H,1-2H2,(H,6,8). The first-order chi connectivity index (χ1) is 3.83. The van der Waals surface area contributed by atoms with E-state index >= 15 is 0 Å². The van der Waals surface area contributed by atoms with E-state index in [0.29, 0.717) is 18.5 Å². The molecule has 0 unspecified atom stereocenters. The van der Waals surface area contributed by atoms with Crippen molar-refractivity contribution in [1.82, 2.24) is 5.32 Å². The van der Waals surface area contributed by atoms with Gasteiger partial charge in [-0.05, 0) is 6.42 Å². The van der Waals surface area contributed by atoms with Gasteiger partial charge in [-0.2, -0.15) is 0 Å². The van der Waals surface area contributed by atoms with Gasteiger partial charge in [0.2, 0.25) is 5.91 Å². The second-order valence-electron chi connectivity index (χ2n) is 1.70. The van der Waals surface area contributed by atoms with Crippen molar-refractivity contribution >= 4 is 5.91 Å². The van der Waals surface area contributed by atoms with Crippen molar-refractivity contribution in [2.45, 2.75) is 12.8 Å². The average molecular weight is 113 g/mol. The Hall–Kier alpha value is -0.990. The summed E-state index contributed by atoms with van der Waals surface area (Å²) in [6, 6.07) is 0. The maximum absolute atomic E-state index is 10.3. The summed E-state index contributed by atoms with van der Waals surface area (Å²) in [5.74, 6) is -0.00898. The van der Waals surface area contributed by atoms with Gasteiger partial charge in [0.25, 0.3) is 0 Å². The minimum Gasteiger partial charge on any atom is -0.514 e. The van der Waals surface area contributed by atoms with Crippen LogP contribution >= 0.6 is 0 Å². The van der Waals surface area contributed by atoms with Crippen LogP contribution in [0, 0.1) is 0 Å². The van der Waals surface area contributed by atoms with Crippen molar-refractivity contribution in [3.05, 3.63) is 12.0 Å². The smallest absolute Gasteiger partial charge is 0.224 e. The fourth-order valence-corrected chi connectivity index (χ4v) is 0.649. The van der Waals surface area contributed by atoms with Gasteiger partial charge in [-0.15, -0.1) is 0 Å². The molecule has 0 aromatic rings. The van der Waals surface area contributed by atoms with Gasteiger partial charge in [0.15, 0.2) is 0 Å². The monoisotopic (exact) mass is 113 g/mol. The highest BCUT2D eigenvalue weighted by Crippen LogP contribution is 2.07. The van der Waals surface area contributed by atoms with E-state index < -0.39 is 0 Å². The van der Waals surface area contributed by atoms with Crippen molar-refractivity contribution in [3.63, 3.8) is 0 Å². The van der Waals surface area contributed by atoms with Crippen LogP contribution < -0.4 is 5.32 Å². The molecule has 44 valence electrons. The first-order valence-corrected chi connectivity index (χ1v) is 2.46. The molecule has 0 aliphatic carbocycles. The van der Waals surface area contributed by atoms with Gasteiger partial charge in [-0.25, -0.2) is 0 Å². The summed E-state index contributed by atoms with van der Waals surface area (Å²) in [6.07, 6.45) is 2.09. The first kappa shape index (κ1) is 5.15.